The Morgan fingerprint density at radius 3 is 1.09 bits per heavy atom. The number of hydrogen-bond acceptors (Lipinski definition) is 12. The molecule has 14 rings (SSSR count). The van der Waals surface area contributed by atoms with Crippen molar-refractivity contribution in [3.8, 4) is 56.9 Å². The second kappa shape index (κ2) is 62.2. The van der Waals surface area contributed by atoms with Crippen molar-refractivity contribution < 1.29 is 40.8 Å². The van der Waals surface area contributed by atoms with E-state index in [1.807, 2.05) is 194 Å². The topological polar surface area (TPSA) is 231 Å². The minimum absolute atomic E-state index is 0. The van der Waals surface area contributed by atoms with E-state index in [2.05, 4.69) is 282 Å². The van der Waals surface area contributed by atoms with E-state index in [0.717, 1.165) is 104 Å². The van der Waals surface area contributed by atoms with Gasteiger partial charge in [-0.25, -0.2) is 19.3 Å². The first-order chi connectivity index (χ1) is 63.2. The number of amides is 2. The van der Waals surface area contributed by atoms with Crippen molar-refractivity contribution in [3.05, 3.63) is 383 Å². The Morgan fingerprint density at radius 1 is 0.452 bits per heavy atom. The van der Waals surface area contributed by atoms with Gasteiger partial charge in [-0.05, 0) is 252 Å². The molecule has 0 aliphatic carbocycles. The fourth-order valence-electron chi connectivity index (χ4n) is 13.2. The fourth-order valence-corrected chi connectivity index (χ4v) is 17.2. The van der Waals surface area contributed by atoms with Crippen molar-refractivity contribution in [2.75, 3.05) is 18.6 Å². The first-order valence-electron chi connectivity index (χ1n) is 43.3. The van der Waals surface area contributed by atoms with Gasteiger partial charge >= 0.3 is 23.1 Å². The third kappa shape index (κ3) is 36.7. The van der Waals surface area contributed by atoms with Gasteiger partial charge in [0.25, 0.3) is 11.1 Å². The molecule has 0 radical (unpaired) electrons. The molecule has 0 aliphatic heterocycles. The average molecular weight is 2450 g/mol. The third-order valence-corrected chi connectivity index (χ3v) is 24.8. The second-order valence-electron chi connectivity index (χ2n) is 31.3. The molecule has 14 aromatic rings. The van der Waals surface area contributed by atoms with Crippen LogP contribution in [-0.4, -0.2) is 94.6 Å². The Morgan fingerprint density at radius 2 is 0.778 bits per heavy atom. The number of aliphatic imine (C=N–C) groups is 1. The van der Waals surface area contributed by atoms with Crippen molar-refractivity contribution in [2.24, 2.45) is 16.6 Å². The van der Waals surface area contributed by atoms with Gasteiger partial charge in [0.05, 0.1) is 47.0 Å². The Labute approximate surface area is 902 Å². The van der Waals surface area contributed by atoms with E-state index < -0.39 is 11.1 Å². The Kier molecular flexibility index (Phi) is 55.0. The minimum Gasteiger partial charge on any atom is -1.00 e. The number of anilines is 1. The first kappa shape index (κ1) is 119. The average Bonchev–Trinajstić information content (AvgIpc) is 1.64. The van der Waals surface area contributed by atoms with Gasteiger partial charge in [0.15, 0.2) is 23.3 Å². The molecule has 0 unspecified atom stereocenters. The SMILES string of the molecule is CC(C)c1cc(Br)cc(C(C)C)c1-n1nc(-c2ccccc2Br)nc1-c1ccccc1.CC(C)c1cc(Br)cc(C(C)C)c1-n1nc(-c2ccccc2Br)nc1-c1ccccc1.CCOC(=N)c1ccccc1Br.CCOC(=NC(=O)c1ccccc1)c1ccccc1Br.Cc1cc(Br)cc(C(C)C)c1NN.Cl.NC(=O)c1ccccc1Br.O=C(Cl)c1ccccc1.[Br-].[CH2-]CCCCC.[Mg+2]. The number of benzene rings is 12. The van der Waals surface area contributed by atoms with Crippen molar-refractivity contribution in [1.29, 1.82) is 5.41 Å². The molecule has 12 aromatic carbocycles. The van der Waals surface area contributed by atoms with Crippen LogP contribution in [0.15, 0.2) is 320 Å². The normalized spacial score (nSPS) is 10.5. The summed E-state index contributed by atoms with van der Waals surface area (Å²) in [5.41, 5.74) is 25.7. The summed E-state index contributed by atoms with van der Waals surface area (Å²) in [7, 11) is 0. The number of carbonyl (C=O) groups excluding carboxylic acids is 3. The van der Waals surface area contributed by atoms with Gasteiger partial charge < -0.3 is 44.5 Å². The van der Waals surface area contributed by atoms with Crippen LogP contribution in [0.4, 0.5) is 5.69 Å². The van der Waals surface area contributed by atoms with Gasteiger partial charge in [-0.3, -0.25) is 25.6 Å². The van der Waals surface area contributed by atoms with Gasteiger partial charge in [-0.2, -0.15) is 11.4 Å². The van der Waals surface area contributed by atoms with E-state index in [4.69, 9.17) is 58.2 Å². The maximum atomic E-state index is 12.1. The number of nitrogen functional groups attached to an aromatic ring is 1. The molecule has 0 saturated carbocycles. The molecule has 0 aliphatic rings. The Bertz CT molecular complexity index is 5840. The minimum atomic E-state index is -0.410. The predicted molar refractivity (Wildman–Crippen MR) is 590 cm³/mol. The van der Waals surface area contributed by atoms with Crippen LogP contribution in [0.25, 0.3) is 56.9 Å². The molecule has 16 nitrogen and oxygen atoms in total. The van der Waals surface area contributed by atoms with Crippen LogP contribution in [0, 0.1) is 19.3 Å². The number of primary amides is 1. The number of hydrogen-bond donors (Lipinski definition) is 4. The molecule has 6 N–H and O–H groups in total. The smallest absolute Gasteiger partial charge is 1.00 e. The number of aryl methyl sites for hydroxylation is 1. The van der Waals surface area contributed by atoms with Crippen LogP contribution in [0.5, 0.6) is 0 Å². The van der Waals surface area contributed by atoms with Crippen LogP contribution < -0.4 is 34.0 Å². The van der Waals surface area contributed by atoms with Gasteiger partial charge in [0.1, 0.15) is 0 Å². The fraction of sp³-hybridized carbons (Fsp3) is 0.234. The maximum Gasteiger partial charge on any atom is 2.00 e. The van der Waals surface area contributed by atoms with E-state index in [-0.39, 0.29) is 64.2 Å². The van der Waals surface area contributed by atoms with Crippen molar-refractivity contribution in [2.45, 2.75) is 152 Å². The molecule has 0 spiro atoms. The number of nitrogens with one attached hydrogen (secondary N) is 2. The largest absolute Gasteiger partial charge is 2.00 e. The zero-order chi connectivity index (χ0) is 96.7. The van der Waals surface area contributed by atoms with Gasteiger partial charge in [-0.1, -0.05) is 345 Å². The number of aromatic nitrogens is 6. The van der Waals surface area contributed by atoms with Crippen molar-refractivity contribution in [1.82, 2.24) is 29.5 Å². The summed E-state index contributed by atoms with van der Waals surface area (Å²) < 4.78 is 22.4. The van der Waals surface area contributed by atoms with Crippen LogP contribution >= 0.6 is 151 Å². The number of carbonyl (C=O) groups is 3. The van der Waals surface area contributed by atoms with Crippen LogP contribution in [0.1, 0.15) is 221 Å². The molecule has 0 atom stereocenters. The van der Waals surface area contributed by atoms with Crippen LogP contribution in [-0.2, 0) is 9.47 Å². The quantitative estimate of drug-likeness (QED) is 0.00728. The summed E-state index contributed by atoms with van der Waals surface area (Å²) in [5.74, 6) is 10.2. The zero-order valence-corrected chi connectivity index (χ0v) is 95.4. The molecule has 0 fully saturated rings. The summed E-state index contributed by atoms with van der Waals surface area (Å²) in [4.78, 5) is 47.3. The Balaban J connectivity index is 0.000000340. The zero-order valence-electron chi connectivity index (χ0n) is 78.1. The molecule has 706 valence electrons. The number of unbranched alkanes of at least 4 members (excludes halogenated alkanes) is 3. The van der Waals surface area contributed by atoms with E-state index in [1.165, 1.54) is 52.6 Å². The van der Waals surface area contributed by atoms with Gasteiger partial charge in [0, 0.05) is 69.2 Å². The number of nitrogens with two attached hydrogens (primary N) is 2. The number of nitrogens with zero attached hydrogens (tertiary/aromatic N) is 7. The predicted octanol–water partition coefficient (Wildman–Crippen LogP) is 29.9. The first-order valence-corrected chi connectivity index (χ1v) is 50.0. The summed E-state index contributed by atoms with van der Waals surface area (Å²) in [6, 6.07) is 89.5. The molecule has 0 saturated heterocycles. The summed E-state index contributed by atoms with van der Waals surface area (Å²) in [6.45, 7) is 34.8. The summed E-state index contributed by atoms with van der Waals surface area (Å²) in [6.07, 6.45) is 5.07. The standard InChI is InChI=1S/2C26H25Br2N3.C16H14BrNO2.C10H15BrN2.C9H10BrNO.C7H6BrNO.C7H5ClO.C6H13.BrH.ClH.Mg/c2*1-16(2)21-14-19(27)15-22(17(3)4)24(21)31-26(18-10-6-5-7-11-18)29-25(30-31)20-12-8-9-13-23(20)28;1-2-20-16(13-10-6-7-11-14(13)17)18-15(19)12-8-4-3-5-9-12;1-6(2)9-5-8(11)4-7(3)10(9)13-12;1-2-12-9(11)7-5-3-4-6-8(7)10;8-6-4-2-1-3-5(6)7(9)10;8-7(9)6-4-2-1-3-5-6;1-3-5-6-4-2;;;/h2*5-17H,1-4H3;3-11H,2H2,1H3;4-6,13H,12H2,1-3H3;3-6,11H,2H2,1H3;1-4H,(H2,9,10);1-5H;1,3-6H2,2H3;2*1H;/q;;;;;;;-1;;;+2/p-1. The molecule has 2 aromatic heterocycles. The monoisotopic (exact) mass is 2440 g/mol. The number of halogens is 11. The van der Waals surface area contributed by atoms with Crippen molar-refractivity contribution in [3.63, 3.8) is 0 Å². The number of ether oxygens (including phenoxy) is 2. The van der Waals surface area contributed by atoms with Crippen molar-refractivity contribution >= 4 is 209 Å². The van der Waals surface area contributed by atoms with E-state index in [1.54, 1.807) is 54.6 Å². The second-order valence-corrected chi connectivity index (χ2v) is 38.7. The summed E-state index contributed by atoms with van der Waals surface area (Å²) >= 11 is 33.4. The number of hydrazine groups is 1. The third-order valence-electron chi connectivity index (χ3n) is 19.8. The van der Waals surface area contributed by atoms with Crippen LogP contribution in [0.3, 0.4) is 0 Å². The van der Waals surface area contributed by atoms with Gasteiger partial charge in [0.2, 0.25) is 17.7 Å². The molecule has 2 amide bonds. The van der Waals surface area contributed by atoms with E-state index >= 15 is 0 Å². The van der Waals surface area contributed by atoms with E-state index in [9.17, 15) is 14.4 Å². The number of rotatable bonds is 22. The Hall–Kier alpha value is -7.90. The van der Waals surface area contributed by atoms with Gasteiger partial charge in [-0.15, -0.1) is 22.6 Å². The summed E-state index contributed by atoms with van der Waals surface area (Å²) in [5, 5.41) is 17.2. The molecule has 0 bridgehead atoms. The molecular weight excluding hydrogens is 2330 g/mol. The molecule has 2 heterocycles. The molecule has 28 heteroatoms. The molecular formula is C107H114Br9Cl2MgN11O5. The van der Waals surface area contributed by atoms with Crippen LogP contribution in [0.2, 0.25) is 0 Å². The van der Waals surface area contributed by atoms with E-state index in [0.29, 0.717) is 77.0 Å². The maximum absolute atomic E-state index is 12.1. The molecule has 135 heavy (non-hydrogen) atoms.